The predicted octanol–water partition coefficient (Wildman–Crippen LogP) is 4.14. The molecule has 1 atom stereocenters. The van der Waals surface area contributed by atoms with E-state index in [-0.39, 0.29) is 22.5 Å². The number of aliphatic carboxylic acids is 1. The number of fused-ring (bicyclic) bond motifs is 1. The van der Waals surface area contributed by atoms with Crippen molar-refractivity contribution in [3.63, 3.8) is 0 Å². The molecule has 1 unspecified atom stereocenters. The van der Waals surface area contributed by atoms with Crippen LogP contribution >= 0.6 is 18.9 Å². The normalized spacial score (nSPS) is 12.1. The average Bonchev–Trinajstić information content (AvgIpc) is 3.00. The first-order valence-corrected chi connectivity index (χ1v) is 16.6. The van der Waals surface area contributed by atoms with Crippen molar-refractivity contribution in [3.8, 4) is 5.75 Å². The number of amides is 1. The van der Waals surface area contributed by atoms with E-state index in [1.807, 2.05) is 78.9 Å². The zero-order chi connectivity index (χ0) is 30.1. The van der Waals surface area contributed by atoms with E-state index in [4.69, 9.17) is 4.74 Å². The molecule has 4 aromatic rings. The van der Waals surface area contributed by atoms with E-state index in [9.17, 15) is 19.5 Å². The van der Waals surface area contributed by atoms with Crippen LogP contribution in [0.15, 0.2) is 89.7 Å². The van der Waals surface area contributed by atoms with Gasteiger partial charge in [0, 0.05) is 35.2 Å². The van der Waals surface area contributed by atoms with Crippen LogP contribution in [-0.2, 0) is 20.7 Å². The lowest BCUT2D eigenvalue weighted by molar-refractivity contribution is -0.140. The number of unbranched alkanes of at least 4 members (excludes halogenated alkanes) is 2. The minimum absolute atomic E-state index is 0.258. The lowest BCUT2D eigenvalue weighted by Crippen LogP contribution is -2.41. The van der Waals surface area contributed by atoms with Crippen LogP contribution in [0.3, 0.4) is 0 Å². The van der Waals surface area contributed by atoms with Crippen molar-refractivity contribution in [3.05, 3.63) is 95.3 Å². The Kier molecular flexibility index (Phi) is 10.7. The Balaban J connectivity index is 1.62. The molecule has 8 nitrogen and oxygen atoms in total. The molecule has 4 rings (SSSR count). The summed E-state index contributed by atoms with van der Waals surface area (Å²) >= 11 is 1.47. The van der Waals surface area contributed by atoms with Crippen LogP contribution in [0, 0.1) is 0 Å². The fourth-order valence-electron chi connectivity index (χ4n) is 4.90. The number of carbonyl (C=O) groups is 2. The highest BCUT2D eigenvalue weighted by atomic mass is 32.2. The highest BCUT2D eigenvalue weighted by Crippen LogP contribution is 2.41. The number of aryl methyl sites for hydroxylation is 1. The monoisotopic (exact) mass is 606 g/mol. The first-order valence-electron chi connectivity index (χ1n) is 13.8. The van der Waals surface area contributed by atoms with Crippen molar-refractivity contribution < 1.29 is 24.0 Å². The molecule has 0 aliphatic heterocycles. The van der Waals surface area contributed by atoms with Crippen LogP contribution in [0.1, 0.15) is 26.2 Å². The van der Waals surface area contributed by atoms with E-state index < -0.39 is 19.2 Å². The molecule has 10 heteroatoms. The van der Waals surface area contributed by atoms with Gasteiger partial charge in [-0.25, -0.2) is 4.79 Å². The van der Waals surface area contributed by atoms with Crippen LogP contribution in [-0.4, -0.2) is 46.2 Å². The van der Waals surface area contributed by atoms with Crippen molar-refractivity contribution in [2.24, 2.45) is 0 Å². The summed E-state index contributed by atoms with van der Waals surface area (Å²) in [6, 6.07) is 24.7. The molecule has 220 valence electrons. The van der Waals surface area contributed by atoms with Crippen molar-refractivity contribution in [2.75, 3.05) is 18.6 Å². The van der Waals surface area contributed by atoms with E-state index in [0.29, 0.717) is 29.3 Å². The molecule has 0 radical (unpaired) electrons. The number of rotatable bonds is 14. The number of aromatic nitrogens is 1. The minimum atomic E-state index is -3.51. The Bertz CT molecular complexity index is 1600. The molecule has 0 saturated carbocycles. The van der Waals surface area contributed by atoms with E-state index in [1.54, 1.807) is 17.7 Å². The van der Waals surface area contributed by atoms with Gasteiger partial charge in [-0.3, -0.25) is 9.59 Å². The van der Waals surface area contributed by atoms with E-state index >= 15 is 4.57 Å². The third-order valence-corrected chi connectivity index (χ3v) is 11.2. The van der Waals surface area contributed by atoms with Crippen LogP contribution < -0.4 is 31.5 Å². The molecular formula is C32H35N2O6PS. The SMILES string of the molecule is COc1ccc2c(c1)cc(P(=O)(c1ccccc1)c1ccccc1)c(=O)n2CCCCCSCC(NC(C)=O)C(=O)O. The first kappa shape index (κ1) is 31.1. The number of hydrogen-bond acceptors (Lipinski definition) is 6. The molecule has 0 bridgehead atoms. The van der Waals surface area contributed by atoms with Gasteiger partial charge in [-0.1, -0.05) is 67.1 Å². The van der Waals surface area contributed by atoms with Crippen LogP contribution in [0.2, 0.25) is 0 Å². The summed E-state index contributed by atoms with van der Waals surface area (Å²) in [5, 5.41) is 13.9. The Morgan fingerprint density at radius 2 is 1.60 bits per heavy atom. The van der Waals surface area contributed by atoms with Crippen LogP contribution in [0.4, 0.5) is 0 Å². The van der Waals surface area contributed by atoms with Crippen molar-refractivity contribution in [1.82, 2.24) is 9.88 Å². The molecule has 0 aliphatic carbocycles. The number of nitrogens with zero attached hydrogens (tertiary/aromatic N) is 1. The molecule has 1 amide bonds. The first-order chi connectivity index (χ1) is 20.3. The number of hydrogen-bond donors (Lipinski definition) is 2. The second-order valence-corrected chi connectivity index (χ2v) is 13.8. The summed E-state index contributed by atoms with van der Waals surface area (Å²) in [5.41, 5.74) is 0.462. The fourth-order valence-corrected chi connectivity index (χ4v) is 8.69. The van der Waals surface area contributed by atoms with Gasteiger partial charge in [0.15, 0.2) is 7.14 Å². The molecule has 1 aromatic heterocycles. The third kappa shape index (κ3) is 7.15. The van der Waals surface area contributed by atoms with Gasteiger partial charge in [0.1, 0.15) is 11.8 Å². The molecular weight excluding hydrogens is 571 g/mol. The quantitative estimate of drug-likeness (QED) is 0.164. The van der Waals surface area contributed by atoms with Gasteiger partial charge < -0.3 is 24.3 Å². The maximum absolute atomic E-state index is 15.1. The highest BCUT2D eigenvalue weighted by Gasteiger charge is 2.33. The second kappa shape index (κ2) is 14.4. The zero-order valence-electron chi connectivity index (χ0n) is 23.7. The van der Waals surface area contributed by atoms with Gasteiger partial charge in [-0.2, -0.15) is 11.8 Å². The third-order valence-electron chi connectivity index (χ3n) is 6.99. The summed E-state index contributed by atoms with van der Waals surface area (Å²) in [5.74, 6) is 0.238. The topological polar surface area (TPSA) is 115 Å². The maximum atomic E-state index is 15.1. The van der Waals surface area contributed by atoms with Gasteiger partial charge in [-0.15, -0.1) is 0 Å². The summed E-state index contributed by atoms with van der Waals surface area (Å²) in [6.45, 7) is 1.74. The smallest absolute Gasteiger partial charge is 0.327 e. The summed E-state index contributed by atoms with van der Waals surface area (Å²) in [4.78, 5) is 36.8. The number of carboxylic acid groups (broad SMARTS) is 1. The fraction of sp³-hybridized carbons (Fsp3) is 0.281. The van der Waals surface area contributed by atoms with Crippen LogP contribution in [0.25, 0.3) is 10.9 Å². The van der Waals surface area contributed by atoms with Gasteiger partial charge in [0.2, 0.25) is 5.91 Å². The van der Waals surface area contributed by atoms with Gasteiger partial charge >= 0.3 is 5.97 Å². The Morgan fingerprint density at radius 3 is 2.17 bits per heavy atom. The van der Waals surface area contributed by atoms with Crippen molar-refractivity contribution in [2.45, 2.75) is 38.8 Å². The summed E-state index contributed by atoms with van der Waals surface area (Å²) in [7, 11) is -1.92. The standard InChI is InChI=1S/C32H35N2O6PS/c1-23(35)33-28(32(37)38)22-42-19-11-5-10-18-34-29-17-16-25(40-2)20-24(29)21-30(31(34)36)41(39,26-12-6-3-7-13-26)27-14-8-4-9-15-27/h3-4,6-9,12-17,20-21,28H,5,10-11,18-19,22H2,1-2H3,(H,33,35)(H,37,38). The Labute approximate surface area is 249 Å². The van der Waals surface area contributed by atoms with Crippen molar-refractivity contribution >= 4 is 57.6 Å². The number of ether oxygens (including phenoxy) is 1. The number of thioether (sulfide) groups is 1. The zero-order valence-corrected chi connectivity index (χ0v) is 25.4. The molecule has 42 heavy (non-hydrogen) atoms. The maximum Gasteiger partial charge on any atom is 0.327 e. The minimum Gasteiger partial charge on any atom is -0.497 e. The van der Waals surface area contributed by atoms with Crippen molar-refractivity contribution in [1.29, 1.82) is 0 Å². The molecule has 0 aliphatic rings. The Hall–Kier alpha value is -3.81. The number of methoxy groups -OCH3 is 1. The number of benzene rings is 3. The number of pyridine rings is 1. The predicted molar refractivity (Wildman–Crippen MR) is 171 cm³/mol. The molecule has 2 N–H and O–H groups in total. The van der Waals surface area contributed by atoms with Gasteiger partial charge in [0.25, 0.3) is 5.56 Å². The van der Waals surface area contributed by atoms with E-state index in [1.165, 1.54) is 18.7 Å². The molecule has 0 spiro atoms. The lowest BCUT2D eigenvalue weighted by atomic mass is 10.2. The summed E-state index contributed by atoms with van der Waals surface area (Å²) < 4.78 is 22.3. The van der Waals surface area contributed by atoms with Crippen LogP contribution in [0.5, 0.6) is 5.75 Å². The average molecular weight is 607 g/mol. The van der Waals surface area contributed by atoms with Gasteiger partial charge in [-0.05, 0) is 42.9 Å². The Morgan fingerprint density at radius 1 is 0.952 bits per heavy atom. The second-order valence-electron chi connectivity index (χ2n) is 9.92. The largest absolute Gasteiger partial charge is 0.497 e. The lowest BCUT2D eigenvalue weighted by Gasteiger charge is -2.22. The van der Waals surface area contributed by atoms with Gasteiger partial charge in [0.05, 0.1) is 17.9 Å². The van der Waals surface area contributed by atoms with E-state index in [0.717, 1.165) is 29.5 Å². The molecule has 0 fully saturated rings. The molecule has 0 saturated heterocycles. The number of carbonyl (C=O) groups excluding carboxylic acids is 1. The summed E-state index contributed by atoms with van der Waals surface area (Å²) in [6.07, 6.45) is 2.35. The number of carboxylic acids is 1. The molecule has 3 aromatic carbocycles. The molecule has 1 heterocycles. The van der Waals surface area contributed by atoms with E-state index in [2.05, 4.69) is 5.32 Å². The highest BCUT2D eigenvalue weighted by molar-refractivity contribution is 7.99. The number of nitrogens with one attached hydrogen (secondary N) is 1.